The van der Waals surface area contributed by atoms with Crippen molar-refractivity contribution in [3.8, 4) is 0 Å². The van der Waals surface area contributed by atoms with Gasteiger partial charge in [0.05, 0.1) is 7.85 Å². The highest BCUT2D eigenvalue weighted by molar-refractivity contribution is 6.08. The lowest BCUT2D eigenvalue weighted by molar-refractivity contribution is 0.702. The van der Waals surface area contributed by atoms with Crippen LogP contribution in [0.5, 0.6) is 0 Å². The Bertz CT molecular complexity index is 37.0. The van der Waals surface area contributed by atoms with E-state index in [0.717, 1.165) is 6.32 Å². The fourth-order valence-electron chi connectivity index (χ4n) is 0.894. The van der Waals surface area contributed by atoms with Crippen molar-refractivity contribution < 1.29 is 0 Å². The summed E-state index contributed by atoms with van der Waals surface area (Å²) in [6.45, 7) is 6.64. The van der Waals surface area contributed by atoms with E-state index >= 15 is 0 Å². The van der Waals surface area contributed by atoms with Crippen LogP contribution in [0.25, 0.3) is 0 Å². The fraction of sp³-hybridized carbons (Fsp3) is 1.00. The highest BCUT2D eigenvalue weighted by Crippen LogP contribution is 1.95. The predicted octanol–water partition coefficient (Wildman–Crippen LogP) is 4.35. The van der Waals surface area contributed by atoms with Gasteiger partial charge in [-0.3, -0.25) is 0 Å². The molecule has 0 amide bonds. The van der Waals surface area contributed by atoms with Gasteiger partial charge >= 0.3 is 0 Å². The van der Waals surface area contributed by atoms with Crippen LogP contribution in [0, 0.1) is 0 Å². The van der Waals surface area contributed by atoms with E-state index in [4.69, 9.17) is 7.85 Å². The lowest BCUT2D eigenvalue weighted by Gasteiger charge is -1.86. The zero-order chi connectivity index (χ0) is 9.66. The van der Waals surface area contributed by atoms with E-state index in [2.05, 4.69) is 20.8 Å². The topological polar surface area (TPSA) is 0 Å². The van der Waals surface area contributed by atoms with Gasteiger partial charge in [-0.05, 0) is 0 Å². The first-order valence-electron chi connectivity index (χ1n) is 5.53. The van der Waals surface area contributed by atoms with Gasteiger partial charge in [-0.2, -0.15) is 0 Å². The predicted molar refractivity (Wildman–Crippen MR) is 59.9 cm³/mol. The van der Waals surface area contributed by atoms with Crippen LogP contribution in [-0.4, -0.2) is 7.85 Å². The van der Waals surface area contributed by atoms with Gasteiger partial charge < -0.3 is 0 Å². The SMILES string of the molecule is CCCCCC.[B]CCCCC. The van der Waals surface area contributed by atoms with E-state index in [1.54, 1.807) is 0 Å². The Balaban J connectivity index is 0. The van der Waals surface area contributed by atoms with Crippen LogP contribution in [0.2, 0.25) is 6.32 Å². The lowest BCUT2D eigenvalue weighted by atomic mass is 10.00. The number of rotatable bonds is 6. The van der Waals surface area contributed by atoms with E-state index in [1.807, 2.05) is 0 Å². The molecule has 0 nitrogen and oxygen atoms in total. The molecule has 0 aromatic carbocycles. The highest BCUT2D eigenvalue weighted by Gasteiger charge is 1.75. The van der Waals surface area contributed by atoms with Crippen molar-refractivity contribution >= 4 is 7.85 Å². The van der Waals surface area contributed by atoms with Crippen LogP contribution >= 0.6 is 0 Å². The Kier molecular flexibility index (Phi) is 20.9. The summed E-state index contributed by atoms with van der Waals surface area (Å²) in [5.74, 6) is 0. The molecule has 0 saturated carbocycles. The third-order valence-electron chi connectivity index (χ3n) is 1.76. The first-order chi connectivity index (χ1) is 5.83. The molecular weight excluding hydrogens is 143 g/mol. The normalized spacial score (nSPS) is 8.92. The second-order valence-electron chi connectivity index (χ2n) is 3.20. The molecular formula is C11H25B. The standard InChI is InChI=1S/C6H14.C5H11B/c1-3-5-6-4-2;1-2-3-4-5-6/h3-6H2,1-2H3;2-5H2,1H3. The summed E-state index contributed by atoms with van der Waals surface area (Å²) in [6.07, 6.45) is 10.1. The summed E-state index contributed by atoms with van der Waals surface area (Å²) >= 11 is 0. The van der Waals surface area contributed by atoms with Gasteiger partial charge in [0.1, 0.15) is 0 Å². The molecule has 0 unspecified atom stereocenters. The molecule has 0 saturated heterocycles. The first-order valence-corrected chi connectivity index (χ1v) is 5.53. The van der Waals surface area contributed by atoms with Crippen LogP contribution in [0.4, 0.5) is 0 Å². The quantitative estimate of drug-likeness (QED) is 0.408. The molecule has 0 N–H and O–H groups in total. The maximum absolute atomic E-state index is 5.21. The second-order valence-corrected chi connectivity index (χ2v) is 3.20. The molecule has 0 aliphatic carbocycles. The molecule has 12 heavy (non-hydrogen) atoms. The zero-order valence-corrected chi connectivity index (χ0v) is 9.23. The lowest BCUT2D eigenvalue weighted by Crippen LogP contribution is -1.69. The van der Waals surface area contributed by atoms with Crippen LogP contribution in [0.3, 0.4) is 0 Å². The van der Waals surface area contributed by atoms with Crippen molar-refractivity contribution in [2.75, 3.05) is 0 Å². The van der Waals surface area contributed by atoms with Crippen molar-refractivity contribution in [3.05, 3.63) is 0 Å². The molecule has 2 radical (unpaired) electrons. The summed E-state index contributed by atoms with van der Waals surface area (Å²) in [6, 6.07) is 0. The van der Waals surface area contributed by atoms with Crippen molar-refractivity contribution in [1.82, 2.24) is 0 Å². The van der Waals surface area contributed by atoms with Gasteiger partial charge in [0.2, 0.25) is 0 Å². The molecule has 0 fully saturated rings. The molecule has 1 heteroatoms. The van der Waals surface area contributed by atoms with E-state index in [9.17, 15) is 0 Å². The van der Waals surface area contributed by atoms with Crippen molar-refractivity contribution in [1.29, 1.82) is 0 Å². The van der Waals surface area contributed by atoms with Crippen LogP contribution in [0.1, 0.15) is 65.7 Å². The van der Waals surface area contributed by atoms with Crippen LogP contribution in [0.15, 0.2) is 0 Å². The van der Waals surface area contributed by atoms with Crippen molar-refractivity contribution in [2.45, 2.75) is 72.0 Å². The third kappa shape index (κ3) is 22.5. The monoisotopic (exact) mass is 168 g/mol. The van der Waals surface area contributed by atoms with Gasteiger partial charge in [0.25, 0.3) is 0 Å². The molecule has 0 bridgehead atoms. The van der Waals surface area contributed by atoms with E-state index < -0.39 is 0 Å². The average molecular weight is 168 g/mol. The average Bonchev–Trinajstić information content (AvgIpc) is 2.12. The number of hydrogen-bond acceptors (Lipinski definition) is 0. The number of hydrogen-bond donors (Lipinski definition) is 0. The molecule has 0 atom stereocenters. The van der Waals surface area contributed by atoms with Gasteiger partial charge in [-0.1, -0.05) is 72.0 Å². The van der Waals surface area contributed by atoms with Gasteiger partial charge in [0, 0.05) is 0 Å². The minimum Gasteiger partial charge on any atom is -0.0887 e. The summed E-state index contributed by atoms with van der Waals surface area (Å²) < 4.78 is 0. The smallest absolute Gasteiger partial charge is 0.0653 e. The third-order valence-corrected chi connectivity index (χ3v) is 1.76. The maximum atomic E-state index is 5.21. The van der Waals surface area contributed by atoms with Crippen LogP contribution < -0.4 is 0 Å². The zero-order valence-electron chi connectivity index (χ0n) is 9.23. The minimum atomic E-state index is 0.855. The van der Waals surface area contributed by atoms with E-state index in [1.165, 1.54) is 44.9 Å². The van der Waals surface area contributed by atoms with Gasteiger partial charge in [-0.15, -0.1) is 0 Å². The second kappa shape index (κ2) is 17.2. The fourth-order valence-corrected chi connectivity index (χ4v) is 0.894. The molecule has 0 aromatic heterocycles. The molecule has 0 rings (SSSR count). The van der Waals surface area contributed by atoms with Gasteiger partial charge in [0.15, 0.2) is 0 Å². The summed E-state index contributed by atoms with van der Waals surface area (Å²) in [5, 5.41) is 0. The van der Waals surface area contributed by atoms with E-state index in [-0.39, 0.29) is 0 Å². The summed E-state index contributed by atoms with van der Waals surface area (Å²) in [4.78, 5) is 0. The van der Waals surface area contributed by atoms with Crippen molar-refractivity contribution in [3.63, 3.8) is 0 Å². The largest absolute Gasteiger partial charge is 0.0887 e. The summed E-state index contributed by atoms with van der Waals surface area (Å²) in [7, 11) is 5.21. The molecule has 0 aromatic rings. The first kappa shape index (κ1) is 14.6. The molecule has 72 valence electrons. The maximum Gasteiger partial charge on any atom is 0.0653 e. The molecule has 0 aliphatic heterocycles. The Morgan fingerprint density at radius 2 is 1.00 bits per heavy atom. The number of unbranched alkanes of at least 4 members (excludes halogenated alkanes) is 5. The Morgan fingerprint density at radius 1 is 0.667 bits per heavy atom. The van der Waals surface area contributed by atoms with Crippen molar-refractivity contribution in [2.24, 2.45) is 0 Å². The Morgan fingerprint density at radius 3 is 1.17 bits per heavy atom. The molecule has 0 heterocycles. The van der Waals surface area contributed by atoms with Crippen LogP contribution in [-0.2, 0) is 0 Å². The van der Waals surface area contributed by atoms with E-state index in [0.29, 0.717) is 0 Å². The minimum absolute atomic E-state index is 0.855. The molecule has 0 aliphatic rings. The highest BCUT2D eigenvalue weighted by atomic mass is 13.8. The Labute approximate surface area is 80.5 Å². The van der Waals surface area contributed by atoms with Gasteiger partial charge in [-0.25, -0.2) is 0 Å². The summed E-state index contributed by atoms with van der Waals surface area (Å²) in [5.41, 5.74) is 0. The Hall–Kier alpha value is 0.0649. The molecule has 0 spiro atoms.